The van der Waals surface area contributed by atoms with Gasteiger partial charge in [0, 0.05) is 16.2 Å². The number of benzene rings is 3. The zero-order valence-corrected chi connectivity index (χ0v) is 20.0. The van der Waals surface area contributed by atoms with Crippen molar-refractivity contribution >= 4 is 54.8 Å². The highest BCUT2D eigenvalue weighted by Crippen LogP contribution is 2.28. The molecule has 0 aliphatic carbocycles. The summed E-state index contributed by atoms with van der Waals surface area (Å²) in [6.07, 6.45) is 0. The second kappa shape index (κ2) is 9.72. The van der Waals surface area contributed by atoms with Gasteiger partial charge >= 0.3 is 0 Å². The van der Waals surface area contributed by atoms with Crippen molar-refractivity contribution < 1.29 is 17.9 Å². The predicted octanol–water partition coefficient (Wildman–Crippen LogP) is 5.25. The number of aryl methyl sites for hydroxylation is 1. The fourth-order valence-electron chi connectivity index (χ4n) is 2.82. The number of sulfonamides is 1. The molecule has 0 aliphatic heterocycles. The summed E-state index contributed by atoms with van der Waals surface area (Å²) in [4.78, 5) is 12.9. The molecule has 0 aromatic heterocycles. The first-order valence-electron chi connectivity index (χ1n) is 9.19. The molecular weight excluding hydrogens is 504 g/mol. The summed E-state index contributed by atoms with van der Waals surface area (Å²) in [5.74, 6) is -0.0430. The highest BCUT2D eigenvalue weighted by atomic mass is 79.9. The molecule has 0 atom stereocenters. The smallest absolute Gasteiger partial charge is 0.264 e. The fourth-order valence-corrected chi connectivity index (χ4v) is 4.66. The molecule has 31 heavy (non-hydrogen) atoms. The average molecular weight is 524 g/mol. The molecule has 0 aliphatic rings. The molecule has 3 aromatic rings. The summed E-state index contributed by atoms with van der Waals surface area (Å²) in [5, 5.41) is 3.12. The number of rotatable bonds is 7. The van der Waals surface area contributed by atoms with E-state index in [1.807, 2.05) is 6.92 Å². The van der Waals surface area contributed by atoms with Crippen LogP contribution in [0.5, 0.6) is 5.75 Å². The monoisotopic (exact) mass is 522 g/mol. The van der Waals surface area contributed by atoms with Gasteiger partial charge in [0.25, 0.3) is 10.0 Å². The number of hydrogen-bond acceptors (Lipinski definition) is 4. The Morgan fingerprint density at radius 2 is 1.81 bits per heavy atom. The second-order valence-corrected chi connectivity index (χ2v) is 9.83. The Labute approximate surface area is 195 Å². The van der Waals surface area contributed by atoms with Crippen LogP contribution in [0.15, 0.2) is 76.1 Å². The van der Waals surface area contributed by atoms with Gasteiger partial charge in [-0.2, -0.15) is 0 Å². The molecule has 6 nitrogen and oxygen atoms in total. The van der Waals surface area contributed by atoms with E-state index in [1.54, 1.807) is 54.6 Å². The third-order valence-electron chi connectivity index (χ3n) is 4.44. The van der Waals surface area contributed by atoms with Crippen molar-refractivity contribution in [1.29, 1.82) is 0 Å². The molecule has 0 radical (unpaired) electrons. The number of halogens is 2. The Morgan fingerprint density at radius 3 is 2.45 bits per heavy atom. The van der Waals surface area contributed by atoms with Gasteiger partial charge < -0.3 is 10.1 Å². The standard InChI is InChI=1S/C22H20BrClN2O4S/c1-15-6-9-19(10-7-15)31(28,29)26(17-4-3-5-18(13-17)30-2)14-22(27)25-16-8-11-20(23)21(24)12-16/h3-13H,14H2,1-2H3,(H,25,27). The first-order valence-corrected chi connectivity index (χ1v) is 11.8. The normalized spacial score (nSPS) is 11.1. The lowest BCUT2D eigenvalue weighted by molar-refractivity contribution is -0.114. The van der Waals surface area contributed by atoms with Crippen LogP contribution in [-0.4, -0.2) is 28.0 Å². The number of hydrogen-bond donors (Lipinski definition) is 1. The number of methoxy groups -OCH3 is 1. The summed E-state index contributed by atoms with van der Waals surface area (Å²) in [7, 11) is -2.53. The van der Waals surface area contributed by atoms with Crippen LogP contribution >= 0.6 is 27.5 Å². The molecule has 0 saturated heterocycles. The number of anilines is 2. The summed E-state index contributed by atoms with van der Waals surface area (Å²) >= 11 is 9.37. The van der Waals surface area contributed by atoms with E-state index in [-0.39, 0.29) is 4.90 Å². The third-order valence-corrected chi connectivity index (χ3v) is 7.46. The Hall–Kier alpha value is -2.55. The fraction of sp³-hybridized carbons (Fsp3) is 0.136. The lowest BCUT2D eigenvalue weighted by Crippen LogP contribution is -2.38. The van der Waals surface area contributed by atoms with Crippen LogP contribution < -0.4 is 14.4 Å². The topological polar surface area (TPSA) is 75.7 Å². The first-order chi connectivity index (χ1) is 14.7. The molecule has 0 unspecified atom stereocenters. The highest BCUT2D eigenvalue weighted by molar-refractivity contribution is 9.10. The summed E-state index contributed by atoms with van der Waals surface area (Å²) in [6, 6.07) is 17.9. The maximum absolute atomic E-state index is 13.4. The van der Waals surface area contributed by atoms with Gasteiger partial charge in [-0.25, -0.2) is 8.42 Å². The number of nitrogens with zero attached hydrogens (tertiary/aromatic N) is 1. The number of carbonyl (C=O) groups is 1. The van der Waals surface area contributed by atoms with Crippen molar-refractivity contribution in [3.8, 4) is 5.75 Å². The van der Waals surface area contributed by atoms with E-state index in [4.69, 9.17) is 16.3 Å². The van der Waals surface area contributed by atoms with Gasteiger partial charge in [0.15, 0.2) is 0 Å². The van der Waals surface area contributed by atoms with Crippen molar-refractivity contribution in [1.82, 2.24) is 0 Å². The van der Waals surface area contributed by atoms with Gasteiger partial charge in [-0.15, -0.1) is 0 Å². The molecule has 0 fully saturated rings. The van der Waals surface area contributed by atoms with E-state index in [9.17, 15) is 13.2 Å². The van der Waals surface area contributed by atoms with Crippen LogP contribution in [0.2, 0.25) is 5.02 Å². The zero-order chi connectivity index (χ0) is 22.6. The summed E-state index contributed by atoms with van der Waals surface area (Å²) in [6.45, 7) is 1.43. The number of carbonyl (C=O) groups excluding carboxylic acids is 1. The first kappa shape index (κ1) is 23.1. The largest absolute Gasteiger partial charge is 0.497 e. The molecule has 9 heteroatoms. The van der Waals surface area contributed by atoms with E-state index >= 15 is 0 Å². The van der Waals surface area contributed by atoms with Gasteiger partial charge in [0.1, 0.15) is 12.3 Å². The quantitative estimate of drug-likeness (QED) is 0.459. The highest BCUT2D eigenvalue weighted by Gasteiger charge is 2.27. The average Bonchev–Trinajstić information content (AvgIpc) is 2.75. The van der Waals surface area contributed by atoms with Gasteiger partial charge in [0.05, 0.1) is 22.7 Å². The summed E-state index contributed by atoms with van der Waals surface area (Å²) < 4.78 is 33.8. The maximum atomic E-state index is 13.4. The molecule has 3 rings (SSSR count). The molecule has 3 aromatic carbocycles. The van der Waals surface area contributed by atoms with Crippen LogP contribution in [0.3, 0.4) is 0 Å². The molecule has 0 heterocycles. The van der Waals surface area contributed by atoms with Crippen LogP contribution in [0.1, 0.15) is 5.56 Å². The van der Waals surface area contributed by atoms with Crippen molar-refractivity contribution in [2.45, 2.75) is 11.8 Å². The Morgan fingerprint density at radius 1 is 1.10 bits per heavy atom. The minimum absolute atomic E-state index is 0.0837. The van der Waals surface area contributed by atoms with Gasteiger partial charge in [-0.3, -0.25) is 9.10 Å². The van der Waals surface area contributed by atoms with Gasteiger partial charge in [-0.05, 0) is 65.3 Å². The SMILES string of the molecule is COc1cccc(N(CC(=O)Nc2ccc(Br)c(Cl)c2)S(=O)(=O)c2ccc(C)cc2)c1. The van der Waals surface area contributed by atoms with Crippen LogP contribution in [0.25, 0.3) is 0 Å². The minimum atomic E-state index is -4.01. The van der Waals surface area contributed by atoms with Gasteiger partial charge in [0.2, 0.25) is 5.91 Å². The van der Waals surface area contributed by atoms with Crippen molar-refractivity contribution in [3.05, 3.63) is 81.8 Å². The van der Waals surface area contributed by atoms with E-state index in [2.05, 4.69) is 21.2 Å². The lowest BCUT2D eigenvalue weighted by atomic mass is 10.2. The molecule has 0 saturated carbocycles. The van der Waals surface area contributed by atoms with Crippen LogP contribution in [0, 0.1) is 6.92 Å². The molecular formula is C22H20BrClN2O4S. The predicted molar refractivity (Wildman–Crippen MR) is 126 cm³/mol. The van der Waals surface area contributed by atoms with E-state index in [0.29, 0.717) is 26.6 Å². The minimum Gasteiger partial charge on any atom is -0.497 e. The molecule has 0 spiro atoms. The Kier molecular flexibility index (Phi) is 7.25. The van der Waals surface area contributed by atoms with Gasteiger partial charge in [-0.1, -0.05) is 35.4 Å². The Bertz CT molecular complexity index is 1200. The van der Waals surface area contributed by atoms with Crippen LogP contribution in [-0.2, 0) is 14.8 Å². The number of amides is 1. The van der Waals surface area contributed by atoms with E-state index < -0.39 is 22.5 Å². The molecule has 0 bridgehead atoms. The Balaban J connectivity index is 1.96. The molecule has 1 amide bonds. The maximum Gasteiger partial charge on any atom is 0.264 e. The van der Waals surface area contributed by atoms with Crippen molar-refractivity contribution in [3.63, 3.8) is 0 Å². The number of ether oxygens (including phenoxy) is 1. The zero-order valence-electron chi connectivity index (χ0n) is 16.8. The van der Waals surface area contributed by atoms with E-state index in [1.165, 1.54) is 19.2 Å². The third kappa shape index (κ3) is 5.58. The van der Waals surface area contributed by atoms with Crippen molar-refractivity contribution in [2.24, 2.45) is 0 Å². The molecule has 1 N–H and O–H groups in total. The van der Waals surface area contributed by atoms with E-state index in [0.717, 1.165) is 9.87 Å². The lowest BCUT2D eigenvalue weighted by Gasteiger charge is -2.24. The number of nitrogens with one attached hydrogen (secondary N) is 1. The molecule has 162 valence electrons. The van der Waals surface area contributed by atoms with Crippen molar-refractivity contribution in [2.75, 3.05) is 23.3 Å². The summed E-state index contributed by atoms with van der Waals surface area (Å²) in [5.41, 5.74) is 1.69. The second-order valence-electron chi connectivity index (χ2n) is 6.70. The van der Waals surface area contributed by atoms with Crippen LogP contribution in [0.4, 0.5) is 11.4 Å².